The van der Waals surface area contributed by atoms with E-state index in [1.807, 2.05) is 6.07 Å². The van der Waals surface area contributed by atoms with E-state index in [4.69, 9.17) is 0 Å². The van der Waals surface area contributed by atoms with Gasteiger partial charge in [-0.25, -0.2) is 0 Å². The number of phenols is 1. The molecule has 0 radical (unpaired) electrons. The van der Waals surface area contributed by atoms with Crippen molar-refractivity contribution in [1.29, 1.82) is 0 Å². The fraction of sp³-hybridized carbons (Fsp3) is 0.222. The molecule has 4 rings (SSSR count). The Bertz CT molecular complexity index is 786. The molecule has 0 spiro atoms. The predicted molar refractivity (Wildman–Crippen MR) is 79.8 cm³/mol. The standard InChI is InChI=1S/C18H16O/c19-17-11-13-6-2-4-8-15(13)18-14-7-3-1-5-12(14)9-10-16(17)18/h1,3,5,7,9-11,19H,2,4,6,8H2. The molecule has 0 bridgehead atoms. The fourth-order valence-electron chi connectivity index (χ4n) is 3.43. The predicted octanol–water partition coefficient (Wildman–Crippen LogP) is 4.58. The molecule has 1 aliphatic carbocycles. The second kappa shape index (κ2) is 3.99. The molecule has 1 aliphatic rings. The molecule has 0 aromatic heterocycles. The molecule has 1 N–H and O–H groups in total. The van der Waals surface area contributed by atoms with Crippen LogP contribution in [-0.4, -0.2) is 5.11 Å². The van der Waals surface area contributed by atoms with Crippen LogP contribution < -0.4 is 0 Å². The molecule has 1 heteroatoms. The monoisotopic (exact) mass is 248 g/mol. The molecule has 0 saturated carbocycles. The molecule has 0 saturated heterocycles. The third-order valence-electron chi connectivity index (χ3n) is 4.33. The van der Waals surface area contributed by atoms with Crippen molar-refractivity contribution in [2.45, 2.75) is 25.7 Å². The minimum atomic E-state index is 0.432. The van der Waals surface area contributed by atoms with Gasteiger partial charge in [-0.15, -0.1) is 0 Å². The first-order valence-corrected chi connectivity index (χ1v) is 7.00. The molecule has 0 aliphatic heterocycles. The molecule has 0 unspecified atom stereocenters. The van der Waals surface area contributed by atoms with Gasteiger partial charge in [0.1, 0.15) is 5.75 Å². The highest BCUT2D eigenvalue weighted by Crippen LogP contribution is 2.38. The van der Waals surface area contributed by atoms with E-state index in [2.05, 4.69) is 36.4 Å². The molecule has 0 atom stereocenters. The highest BCUT2D eigenvalue weighted by atomic mass is 16.3. The van der Waals surface area contributed by atoms with Crippen LogP contribution in [0.4, 0.5) is 0 Å². The maximum Gasteiger partial charge on any atom is 0.123 e. The Labute approximate surface area is 112 Å². The van der Waals surface area contributed by atoms with Gasteiger partial charge in [-0.1, -0.05) is 36.4 Å². The minimum Gasteiger partial charge on any atom is -0.507 e. The Kier molecular flexibility index (Phi) is 2.28. The van der Waals surface area contributed by atoms with Gasteiger partial charge in [0.05, 0.1) is 0 Å². The first-order chi connectivity index (χ1) is 9.34. The Hall–Kier alpha value is -2.02. The Morgan fingerprint density at radius 3 is 2.63 bits per heavy atom. The number of fused-ring (bicyclic) bond motifs is 5. The molecule has 0 heterocycles. The van der Waals surface area contributed by atoms with E-state index < -0.39 is 0 Å². The van der Waals surface area contributed by atoms with Crippen molar-refractivity contribution in [3.8, 4) is 5.75 Å². The van der Waals surface area contributed by atoms with Gasteiger partial charge >= 0.3 is 0 Å². The summed E-state index contributed by atoms with van der Waals surface area (Å²) >= 11 is 0. The van der Waals surface area contributed by atoms with Crippen molar-refractivity contribution in [2.24, 2.45) is 0 Å². The van der Waals surface area contributed by atoms with Crippen molar-refractivity contribution in [3.63, 3.8) is 0 Å². The normalized spacial score (nSPS) is 14.7. The van der Waals surface area contributed by atoms with Crippen LogP contribution in [0.25, 0.3) is 21.5 Å². The van der Waals surface area contributed by atoms with Gasteiger partial charge in [-0.2, -0.15) is 0 Å². The first kappa shape index (κ1) is 10.9. The van der Waals surface area contributed by atoms with Gasteiger partial charge < -0.3 is 5.11 Å². The van der Waals surface area contributed by atoms with Crippen LogP contribution in [0, 0.1) is 0 Å². The Morgan fingerprint density at radius 2 is 1.68 bits per heavy atom. The molecule has 3 aromatic rings. The highest BCUT2D eigenvalue weighted by Gasteiger charge is 2.16. The number of aryl methyl sites for hydroxylation is 2. The largest absolute Gasteiger partial charge is 0.507 e. The summed E-state index contributed by atoms with van der Waals surface area (Å²) in [6.07, 6.45) is 4.74. The van der Waals surface area contributed by atoms with E-state index in [1.54, 1.807) is 0 Å². The van der Waals surface area contributed by atoms with Crippen molar-refractivity contribution in [1.82, 2.24) is 0 Å². The number of rotatable bonds is 0. The smallest absolute Gasteiger partial charge is 0.123 e. The average molecular weight is 248 g/mol. The zero-order chi connectivity index (χ0) is 12.8. The summed E-state index contributed by atoms with van der Waals surface area (Å²) in [5, 5.41) is 15.1. The SMILES string of the molecule is Oc1cc2c(c3c1ccc1ccccc13)CCCC2. The number of benzene rings is 3. The van der Waals surface area contributed by atoms with Crippen LogP contribution in [0.3, 0.4) is 0 Å². The van der Waals surface area contributed by atoms with E-state index in [1.165, 1.54) is 40.1 Å². The van der Waals surface area contributed by atoms with Gasteiger partial charge in [0.2, 0.25) is 0 Å². The highest BCUT2D eigenvalue weighted by molar-refractivity contribution is 6.11. The fourth-order valence-corrected chi connectivity index (χ4v) is 3.43. The van der Waals surface area contributed by atoms with Crippen LogP contribution in [0.1, 0.15) is 24.0 Å². The second-order valence-electron chi connectivity index (χ2n) is 5.45. The van der Waals surface area contributed by atoms with E-state index in [9.17, 15) is 5.11 Å². The van der Waals surface area contributed by atoms with Crippen LogP contribution >= 0.6 is 0 Å². The van der Waals surface area contributed by atoms with E-state index in [0.717, 1.165) is 18.2 Å². The average Bonchev–Trinajstić information content (AvgIpc) is 2.47. The summed E-state index contributed by atoms with van der Waals surface area (Å²) in [6, 6.07) is 14.6. The lowest BCUT2D eigenvalue weighted by atomic mass is 9.85. The van der Waals surface area contributed by atoms with Gasteiger partial charge in [0.25, 0.3) is 0 Å². The van der Waals surface area contributed by atoms with Gasteiger partial charge in [0.15, 0.2) is 0 Å². The van der Waals surface area contributed by atoms with Crippen molar-refractivity contribution in [3.05, 3.63) is 53.6 Å². The number of phenolic OH excluding ortho intramolecular Hbond substituents is 1. The van der Waals surface area contributed by atoms with E-state index in [-0.39, 0.29) is 0 Å². The van der Waals surface area contributed by atoms with Gasteiger partial charge in [-0.3, -0.25) is 0 Å². The summed E-state index contributed by atoms with van der Waals surface area (Å²) in [5.41, 5.74) is 2.79. The maximum atomic E-state index is 10.3. The Morgan fingerprint density at radius 1 is 0.842 bits per heavy atom. The third-order valence-corrected chi connectivity index (χ3v) is 4.33. The van der Waals surface area contributed by atoms with Crippen molar-refractivity contribution < 1.29 is 5.11 Å². The summed E-state index contributed by atoms with van der Waals surface area (Å²) in [5.74, 6) is 0.432. The quantitative estimate of drug-likeness (QED) is 0.577. The topological polar surface area (TPSA) is 20.2 Å². The van der Waals surface area contributed by atoms with Gasteiger partial charge in [0, 0.05) is 5.39 Å². The molecule has 94 valence electrons. The lowest BCUT2D eigenvalue weighted by Gasteiger charge is -2.20. The summed E-state index contributed by atoms with van der Waals surface area (Å²) < 4.78 is 0. The lowest BCUT2D eigenvalue weighted by Crippen LogP contribution is -2.03. The molecule has 19 heavy (non-hydrogen) atoms. The zero-order valence-electron chi connectivity index (χ0n) is 10.8. The second-order valence-corrected chi connectivity index (χ2v) is 5.45. The van der Waals surface area contributed by atoms with Crippen molar-refractivity contribution in [2.75, 3.05) is 0 Å². The van der Waals surface area contributed by atoms with Gasteiger partial charge in [-0.05, 0) is 59.0 Å². The summed E-state index contributed by atoms with van der Waals surface area (Å²) in [4.78, 5) is 0. The molecular weight excluding hydrogens is 232 g/mol. The molecule has 0 amide bonds. The number of hydrogen-bond donors (Lipinski definition) is 1. The number of hydrogen-bond acceptors (Lipinski definition) is 1. The van der Waals surface area contributed by atoms with Crippen LogP contribution in [-0.2, 0) is 12.8 Å². The molecule has 0 fully saturated rings. The van der Waals surface area contributed by atoms with E-state index >= 15 is 0 Å². The summed E-state index contributed by atoms with van der Waals surface area (Å²) in [7, 11) is 0. The lowest BCUT2D eigenvalue weighted by molar-refractivity contribution is 0.480. The van der Waals surface area contributed by atoms with Crippen LogP contribution in [0.5, 0.6) is 5.75 Å². The molecular formula is C18H16O. The first-order valence-electron chi connectivity index (χ1n) is 7.00. The van der Waals surface area contributed by atoms with Crippen molar-refractivity contribution >= 4 is 21.5 Å². The zero-order valence-corrected chi connectivity index (χ0v) is 10.8. The maximum absolute atomic E-state index is 10.3. The summed E-state index contributed by atoms with van der Waals surface area (Å²) in [6.45, 7) is 0. The molecule has 3 aromatic carbocycles. The number of aromatic hydroxyl groups is 1. The Balaban J connectivity index is 2.24. The van der Waals surface area contributed by atoms with Crippen LogP contribution in [0.2, 0.25) is 0 Å². The molecule has 1 nitrogen and oxygen atoms in total. The van der Waals surface area contributed by atoms with E-state index in [0.29, 0.717) is 5.75 Å². The third kappa shape index (κ3) is 1.54. The van der Waals surface area contributed by atoms with Crippen LogP contribution in [0.15, 0.2) is 42.5 Å². The minimum absolute atomic E-state index is 0.432.